The summed E-state index contributed by atoms with van der Waals surface area (Å²) in [5.41, 5.74) is 1.30. The van der Waals surface area contributed by atoms with Crippen molar-refractivity contribution in [2.45, 2.75) is 32.3 Å². The van der Waals surface area contributed by atoms with Crippen LogP contribution >= 0.6 is 0 Å². The standard InChI is InChI=1S/C12H16N2O2/c1-3-8-4-7-10(16-9-5-6-9)11(14-8)12(15)13-2/h4,7,9H,3,5-6H2,1-2H3,(H,13,15). The van der Waals surface area contributed by atoms with Crippen LogP contribution in [-0.4, -0.2) is 24.0 Å². The van der Waals surface area contributed by atoms with Crippen molar-refractivity contribution in [2.75, 3.05) is 7.05 Å². The summed E-state index contributed by atoms with van der Waals surface area (Å²) in [5, 5.41) is 2.59. The first-order valence-electron chi connectivity index (χ1n) is 5.63. The van der Waals surface area contributed by atoms with Gasteiger partial charge >= 0.3 is 0 Å². The van der Waals surface area contributed by atoms with Crippen molar-refractivity contribution < 1.29 is 9.53 Å². The first kappa shape index (κ1) is 10.9. The Morgan fingerprint density at radius 1 is 1.56 bits per heavy atom. The van der Waals surface area contributed by atoms with E-state index in [1.807, 2.05) is 19.1 Å². The zero-order valence-corrected chi connectivity index (χ0v) is 9.62. The third-order valence-electron chi connectivity index (χ3n) is 2.54. The summed E-state index contributed by atoms with van der Waals surface area (Å²) in [6.45, 7) is 2.01. The molecule has 0 radical (unpaired) electrons. The van der Waals surface area contributed by atoms with E-state index in [1.165, 1.54) is 0 Å². The summed E-state index contributed by atoms with van der Waals surface area (Å²) in [6, 6.07) is 3.75. The number of nitrogens with zero attached hydrogens (tertiary/aromatic N) is 1. The van der Waals surface area contributed by atoms with Crippen LogP contribution in [0.2, 0.25) is 0 Å². The molecule has 1 N–H and O–H groups in total. The van der Waals surface area contributed by atoms with E-state index in [1.54, 1.807) is 7.05 Å². The molecule has 1 saturated carbocycles. The fourth-order valence-corrected chi connectivity index (χ4v) is 1.43. The minimum Gasteiger partial charge on any atom is -0.488 e. The molecule has 0 saturated heterocycles. The third kappa shape index (κ3) is 2.32. The number of rotatable bonds is 4. The lowest BCUT2D eigenvalue weighted by atomic mass is 10.2. The van der Waals surface area contributed by atoms with Crippen molar-refractivity contribution >= 4 is 5.91 Å². The van der Waals surface area contributed by atoms with Crippen LogP contribution in [0.25, 0.3) is 0 Å². The first-order chi connectivity index (χ1) is 7.74. The van der Waals surface area contributed by atoms with Gasteiger partial charge in [0.05, 0.1) is 6.10 Å². The highest BCUT2D eigenvalue weighted by atomic mass is 16.5. The number of amides is 1. The predicted octanol–water partition coefficient (Wildman–Crippen LogP) is 1.54. The van der Waals surface area contributed by atoms with E-state index in [-0.39, 0.29) is 12.0 Å². The Morgan fingerprint density at radius 2 is 2.31 bits per heavy atom. The Hall–Kier alpha value is -1.58. The number of carbonyl (C=O) groups is 1. The molecule has 1 aromatic rings. The van der Waals surface area contributed by atoms with Crippen molar-refractivity contribution in [1.82, 2.24) is 10.3 Å². The smallest absolute Gasteiger partial charge is 0.273 e. The Bertz CT molecular complexity index is 400. The van der Waals surface area contributed by atoms with Gasteiger partial charge in [-0.2, -0.15) is 0 Å². The van der Waals surface area contributed by atoms with E-state index in [0.29, 0.717) is 11.4 Å². The highest BCUT2D eigenvalue weighted by Crippen LogP contribution is 2.28. The van der Waals surface area contributed by atoms with Crippen LogP contribution in [0.5, 0.6) is 5.75 Å². The van der Waals surface area contributed by atoms with Crippen LogP contribution in [0.15, 0.2) is 12.1 Å². The molecule has 0 bridgehead atoms. The van der Waals surface area contributed by atoms with Gasteiger partial charge in [-0.3, -0.25) is 4.79 Å². The number of nitrogens with one attached hydrogen (secondary N) is 1. The Labute approximate surface area is 95.0 Å². The summed E-state index contributed by atoms with van der Waals surface area (Å²) in [7, 11) is 1.60. The topological polar surface area (TPSA) is 51.2 Å². The van der Waals surface area contributed by atoms with Gasteiger partial charge in [0, 0.05) is 12.7 Å². The number of ether oxygens (including phenoxy) is 1. The molecule has 1 fully saturated rings. The molecule has 1 aromatic heterocycles. The van der Waals surface area contributed by atoms with Crippen LogP contribution in [0.1, 0.15) is 35.9 Å². The second-order valence-electron chi connectivity index (χ2n) is 3.90. The maximum atomic E-state index is 11.7. The molecule has 0 spiro atoms. The molecule has 1 aliphatic carbocycles. The first-order valence-corrected chi connectivity index (χ1v) is 5.63. The number of hydrogen-bond donors (Lipinski definition) is 1. The highest BCUT2D eigenvalue weighted by molar-refractivity contribution is 5.94. The molecule has 1 amide bonds. The molecule has 0 unspecified atom stereocenters. The zero-order chi connectivity index (χ0) is 11.5. The summed E-state index contributed by atoms with van der Waals surface area (Å²) in [6.07, 6.45) is 3.23. The van der Waals surface area contributed by atoms with Crippen LogP contribution in [0, 0.1) is 0 Å². The van der Waals surface area contributed by atoms with Crippen molar-refractivity contribution in [3.8, 4) is 5.75 Å². The van der Waals surface area contributed by atoms with E-state index in [0.717, 1.165) is 25.0 Å². The minimum atomic E-state index is -0.189. The van der Waals surface area contributed by atoms with Gasteiger partial charge < -0.3 is 10.1 Å². The molecule has 4 nitrogen and oxygen atoms in total. The summed E-state index contributed by atoms with van der Waals surface area (Å²) < 4.78 is 5.66. The molecular weight excluding hydrogens is 204 g/mol. The van der Waals surface area contributed by atoms with Gasteiger partial charge in [-0.05, 0) is 31.4 Å². The molecule has 0 aliphatic heterocycles. The number of aryl methyl sites for hydroxylation is 1. The lowest BCUT2D eigenvalue weighted by Gasteiger charge is -2.10. The van der Waals surface area contributed by atoms with Gasteiger partial charge in [-0.15, -0.1) is 0 Å². The number of aromatic nitrogens is 1. The monoisotopic (exact) mass is 220 g/mol. The Kier molecular flexibility index (Phi) is 3.08. The van der Waals surface area contributed by atoms with Crippen molar-refractivity contribution in [1.29, 1.82) is 0 Å². The molecular formula is C12H16N2O2. The van der Waals surface area contributed by atoms with Gasteiger partial charge in [0.1, 0.15) is 0 Å². The van der Waals surface area contributed by atoms with E-state index in [4.69, 9.17) is 4.74 Å². The predicted molar refractivity (Wildman–Crippen MR) is 60.7 cm³/mol. The molecule has 1 aliphatic rings. The third-order valence-corrected chi connectivity index (χ3v) is 2.54. The fraction of sp³-hybridized carbons (Fsp3) is 0.500. The van der Waals surface area contributed by atoms with Gasteiger partial charge in [0.2, 0.25) is 0 Å². The second-order valence-corrected chi connectivity index (χ2v) is 3.90. The van der Waals surface area contributed by atoms with Crippen molar-refractivity contribution in [3.05, 3.63) is 23.5 Å². The average Bonchev–Trinajstić information content (AvgIpc) is 3.12. The lowest BCUT2D eigenvalue weighted by molar-refractivity contribution is 0.0953. The average molecular weight is 220 g/mol. The molecule has 1 heterocycles. The summed E-state index contributed by atoms with van der Waals surface area (Å²) >= 11 is 0. The maximum absolute atomic E-state index is 11.7. The molecule has 86 valence electrons. The van der Waals surface area contributed by atoms with Gasteiger partial charge in [0.15, 0.2) is 11.4 Å². The molecule has 2 rings (SSSR count). The number of hydrogen-bond acceptors (Lipinski definition) is 3. The van der Waals surface area contributed by atoms with E-state index < -0.39 is 0 Å². The molecule has 0 aromatic carbocycles. The van der Waals surface area contributed by atoms with Crippen LogP contribution < -0.4 is 10.1 Å². The van der Waals surface area contributed by atoms with Crippen LogP contribution in [0.4, 0.5) is 0 Å². The van der Waals surface area contributed by atoms with E-state index in [2.05, 4.69) is 10.3 Å². The van der Waals surface area contributed by atoms with Crippen LogP contribution in [-0.2, 0) is 6.42 Å². The maximum Gasteiger partial charge on any atom is 0.273 e. The van der Waals surface area contributed by atoms with E-state index >= 15 is 0 Å². The van der Waals surface area contributed by atoms with Crippen LogP contribution in [0.3, 0.4) is 0 Å². The largest absolute Gasteiger partial charge is 0.488 e. The SMILES string of the molecule is CCc1ccc(OC2CC2)c(C(=O)NC)n1. The van der Waals surface area contributed by atoms with Crippen molar-refractivity contribution in [3.63, 3.8) is 0 Å². The quantitative estimate of drug-likeness (QED) is 0.837. The van der Waals surface area contributed by atoms with Gasteiger partial charge in [-0.25, -0.2) is 4.98 Å². The molecule has 16 heavy (non-hydrogen) atoms. The van der Waals surface area contributed by atoms with Gasteiger partial charge in [0.25, 0.3) is 5.91 Å². The summed E-state index contributed by atoms with van der Waals surface area (Å²) in [4.78, 5) is 16.0. The number of carbonyl (C=O) groups excluding carboxylic acids is 1. The Morgan fingerprint density at radius 3 is 2.88 bits per heavy atom. The summed E-state index contributed by atoms with van der Waals surface area (Å²) in [5.74, 6) is 0.407. The number of pyridine rings is 1. The van der Waals surface area contributed by atoms with Gasteiger partial charge in [-0.1, -0.05) is 6.92 Å². The Balaban J connectivity index is 2.29. The normalized spacial score (nSPS) is 14.6. The van der Waals surface area contributed by atoms with E-state index in [9.17, 15) is 4.79 Å². The molecule has 0 atom stereocenters. The highest BCUT2D eigenvalue weighted by Gasteiger charge is 2.26. The zero-order valence-electron chi connectivity index (χ0n) is 9.62. The lowest BCUT2D eigenvalue weighted by Crippen LogP contribution is -2.21. The molecule has 4 heteroatoms. The fourth-order valence-electron chi connectivity index (χ4n) is 1.43. The minimum absolute atomic E-state index is 0.189. The second kappa shape index (κ2) is 4.51. The van der Waals surface area contributed by atoms with Crippen molar-refractivity contribution in [2.24, 2.45) is 0 Å².